The van der Waals surface area contributed by atoms with Crippen molar-refractivity contribution in [1.29, 1.82) is 0 Å². The van der Waals surface area contributed by atoms with Crippen LogP contribution in [0.25, 0.3) is 0 Å². The molecule has 1 unspecified atom stereocenters. The number of fused-ring (bicyclic) bond motifs is 1. The maximum Gasteiger partial charge on any atom is 0.274 e. The molecule has 0 saturated heterocycles. The van der Waals surface area contributed by atoms with E-state index >= 15 is 0 Å². The Bertz CT molecular complexity index is 979. The monoisotopic (exact) mass is 396 g/mol. The standard InChI is InChI=1S/C22H25FN4O2/c1-26(14-18-4-3-11-29-18)22(28)21-19-12-17(9-10-20(19)27(2)25-21)24-13-15-5-7-16(23)8-6-15/h3-8,11,17,24H,9-10,12-14H2,1-2H3. The van der Waals surface area contributed by atoms with E-state index in [1.165, 1.54) is 12.1 Å². The minimum absolute atomic E-state index is 0.0996. The van der Waals surface area contributed by atoms with Crippen molar-refractivity contribution < 1.29 is 13.6 Å². The Labute approximate surface area is 169 Å². The van der Waals surface area contributed by atoms with Crippen LogP contribution < -0.4 is 5.32 Å². The molecule has 6 nitrogen and oxygen atoms in total. The predicted octanol–water partition coefficient (Wildman–Crippen LogP) is 3.07. The highest BCUT2D eigenvalue weighted by Crippen LogP contribution is 2.26. The fourth-order valence-electron chi connectivity index (χ4n) is 3.89. The molecule has 1 aromatic carbocycles. The average Bonchev–Trinajstić information content (AvgIpc) is 3.34. The Morgan fingerprint density at radius 3 is 2.86 bits per heavy atom. The van der Waals surface area contributed by atoms with Crippen LogP contribution in [0.2, 0.25) is 0 Å². The first-order chi connectivity index (χ1) is 14.0. The normalized spacial score (nSPS) is 15.9. The van der Waals surface area contributed by atoms with E-state index in [0.29, 0.717) is 18.8 Å². The molecule has 4 rings (SSSR count). The molecule has 1 atom stereocenters. The third-order valence-electron chi connectivity index (χ3n) is 5.49. The zero-order valence-corrected chi connectivity index (χ0v) is 16.7. The number of hydrogen-bond acceptors (Lipinski definition) is 4. The molecule has 0 fully saturated rings. The lowest BCUT2D eigenvalue weighted by atomic mass is 9.91. The number of nitrogens with zero attached hydrogens (tertiary/aromatic N) is 3. The van der Waals surface area contributed by atoms with E-state index in [9.17, 15) is 9.18 Å². The molecule has 7 heteroatoms. The van der Waals surface area contributed by atoms with E-state index in [0.717, 1.165) is 41.8 Å². The highest BCUT2D eigenvalue weighted by molar-refractivity contribution is 5.94. The van der Waals surface area contributed by atoms with Crippen molar-refractivity contribution in [2.45, 2.75) is 38.4 Å². The third-order valence-corrected chi connectivity index (χ3v) is 5.49. The summed E-state index contributed by atoms with van der Waals surface area (Å²) >= 11 is 0. The van der Waals surface area contributed by atoms with Gasteiger partial charge in [-0.05, 0) is 49.1 Å². The van der Waals surface area contributed by atoms with Crippen LogP contribution in [-0.4, -0.2) is 33.7 Å². The molecule has 0 radical (unpaired) electrons. The molecule has 1 aliphatic rings. The third kappa shape index (κ3) is 4.24. The quantitative estimate of drug-likeness (QED) is 0.696. The van der Waals surface area contributed by atoms with Gasteiger partial charge in [-0.2, -0.15) is 5.10 Å². The summed E-state index contributed by atoms with van der Waals surface area (Å²) in [5, 5.41) is 8.07. The second-order valence-electron chi connectivity index (χ2n) is 7.59. The highest BCUT2D eigenvalue weighted by atomic mass is 19.1. The average molecular weight is 396 g/mol. The minimum atomic E-state index is -0.228. The largest absolute Gasteiger partial charge is 0.467 e. The fourth-order valence-corrected chi connectivity index (χ4v) is 3.89. The molecular weight excluding hydrogens is 371 g/mol. The maximum atomic E-state index is 13.1. The Hall–Kier alpha value is -2.93. The van der Waals surface area contributed by atoms with E-state index in [2.05, 4.69) is 10.4 Å². The van der Waals surface area contributed by atoms with Gasteiger partial charge in [0.25, 0.3) is 5.91 Å². The molecule has 1 aliphatic carbocycles. The first-order valence-corrected chi connectivity index (χ1v) is 9.81. The number of carbonyl (C=O) groups excluding carboxylic acids is 1. The van der Waals surface area contributed by atoms with Gasteiger partial charge in [0.15, 0.2) is 5.69 Å². The van der Waals surface area contributed by atoms with E-state index in [4.69, 9.17) is 4.42 Å². The summed E-state index contributed by atoms with van der Waals surface area (Å²) in [6.07, 6.45) is 4.20. The zero-order chi connectivity index (χ0) is 20.4. The first kappa shape index (κ1) is 19.4. The summed E-state index contributed by atoms with van der Waals surface area (Å²) in [7, 11) is 3.66. The molecule has 0 spiro atoms. The van der Waals surface area contributed by atoms with Crippen LogP contribution >= 0.6 is 0 Å². The topological polar surface area (TPSA) is 63.3 Å². The van der Waals surface area contributed by atoms with E-state index < -0.39 is 0 Å². The lowest BCUT2D eigenvalue weighted by Crippen LogP contribution is -2.35. The van der Waals surface area contributed by atoms with Gasteiger partial charge in [0.05, 0.1) is 12.8 Å². The summed E-state index contributed by atoms with van der Waals surface area (Å²) < 4.78 is 20.3. The fraction of sp³-hybridized carbons (Fsp3) is 0.364. The number of aryl methyl sites for hydroxylation is 1. The molecular formula is C22H25FN4O2. The van der Waals surface area contributed by atoms with E-state index in [-0.39, 0.29) is 17.8 Å². The van der Waals surface area contributed by atoms with Crippen molar-refractivity contribution in [3.05, 3.63) is 76.8 Å². The molecule has 29 heavy (non-hydrogen) atoms. The number of nitrogens with one attached hydrogen (secondary N) is 1. The first-order valence-electron chi connectivity index (χ1n) is 9.81. The molecule has 2 aromatic heterocycles. The number of hydrogen-bond donors (Lipinski definition) is 1. The van der Waals surface area contributed by atoms with Gasteiger partial charge in [-0.25, -0.2) is 4.39 Å². The van der Waals surface area contributed by atoms with Crippen molar-refractivity contribution in [2.75, 3.05) is 7.05 Å². The van der Waals surface area contributed by atoms with Gasteiger partial charge in [-0.3, -0.25) is 9.48 Å². The van der Waals surface area contributed by atoms with E-state index in [1.807, 2.05) is 23.9 Å². The second kappa shape index (κ2) is 8.21. The molecule has 0 bridgehead atoms. The van der Waals surface area contributed by atoms with Gasteiger partial charge in [0.1, 0.15) is 11.6 Å². The van der Waals surface area contributed by atoms with Crippen LogP contribution in [0, 0.1) is 5.82 Å². The van der Waals surface area contributed by atoms with Crippen molar-refractivity contribution >= 4 is 5.91 Å². The summed E-state index contributed by atoms with van der Waals surface area (Å²) in [5.41, 5.74) is 3.70. The van der Waals surface area contributed by atoms with Crippen molar-refractivity contribution in [3.63, 3.8) is 0 Å². The highest BCUT2D eigenvalue weighted by Gasteiger charge is 2.29. The molecule has 3 aromatic rings. The van der Waals surface area contributed by atoms with Crippen LogP contribution in [-0.2, 0) is 33.0 Å². The molecule has 152 valence electrons. The Morgan fingerprint density at radius 2 is 2.14 bits per heavy atom. The summed E-state index contributed by atoms with van der Waals surface area (Å²) in [4.78, 5) is 14.7. The van der Waals surface area contributed by atoms with Crippen molar-refractivity contribution in [3.8, 4) is 0 Å². The summed E-state index contributed by atoms with van der Waals surface area (Å²) in [5.74, 6) is 0.412. The van der Waals surface area contributed by atoms with E-state index in [1.54, 1.807) is 30.3 Å². The Kier molecular flexibility index (Phi) is 5.49. The molecule has 0 saturated carbocycles. The maximum absolute atomic E-state index is 13.1. The molecule has 2 heterocycles. The summed E-state index contributed by atoms with van der Waals surface area (Å²) in [6.45, 7) is 1.08. The Balaban J connectivity index is 1.45. The summed E-state index contributed by atoms with van der Waals surface area (Å²) in [6, 6.07) is 10.4. The predicted molar refractivity (Wildman–Crippen MR) is 107 cm³/mol. The van der Waals surface area contributed by atoms with Gasteiger partial charge in [-0.1, -0.05) is 12.1 Å². The lowest BCUT2D eigenvalue weighted by molar-refractivity contribution is 0.0767. The number of rotatable bonds is 6. The van der Waals surface area contributed by atoms with Crippen LogP contribution in [0.1, 0.15) is 39.5 Å². The van der Waals surface area contributed by atoms with Crippen LogP contribution in [0.3, 0.4) is 0 Å². The Morgan fingerprint density at radius 1 is 1.34 bits per heavy atom. The lowest BCUT2D eigenvalue weighted by Gasteiger charge is -2.25. The molecule has 1 N–H and O–H groups in total. The van der Waals surface area contributed by atoms with Gasteiger partial charge in [0, 0.05) is 37.9 Å². The van der Waals surface area contributed by atoms with Crippen molar-refractivity contribution in [2.24, 2.45) is 7.05 Å². The van der Waals surface area contributed by atoms with Gasteiger partial charge in [-0.15, -0.1) is 0 Å². The number of halogens is 1. The SMILES string of the molecule is CN(Cc1ccco1)C(=O)c1nn(C)c2c1CC(NCc1ccc(F)cc1)CC2. The number of furan rings is 1. The van der Waals surface area contributed by atoms with Gasteiger partial charge < -0.3 is 14.6 Å². The zero-order valence-electron chi connectivity index (χ0n) is 16.7. The van der Waals surface area contributed by atoms with Crippen LogP contribution in [0.4, 0.5) is 4.39 Å². The smallest absolute Gasteiger partial charge is 0.274 e. The van der Waals surface area contributed by atoms with Gasteiger partial charge in [0.2, 0.25) is 0 Å². The number of aromatic nitrogens is 2. The number of amides is 1. The van der Waals surface area contributed by atoms with Crippen molar-refractivity contribution in [1.82, 2.24) is 20.0 Å². The van der Waals surface area contributed by atoms with Gasteiger partial charge >= 0.3 is 0 Å². The molecule has 0 aliphatic heterocycles. The number of benzene rings is 1. The van der Waals surface area contributed by atoms with Crippen LogP contribution in [0.5, 0.6) is 0 Å². The second-order valence-corrected chi connectivity index (χ2v) is 7.59. The minimum Gasteiger partial charge on any atom is -0.467 e. The number of carbonyl (C=O) groups is 1. The molecule has 1 amide bonds. The van der Waals surface area contributed by atoms with Crippen LogP contribution in [0.15, 0.2) is 47.1 Å².